The zero-order valence-electron chi connectivity index (χ0n) is 15.0. The molecule has 0 spiro atoms. The maximum atomic E-state index is 12.5. The molecule has 1 aliphatic rings. The number of hydrogen-bond acceptors (Lipinski definition) is 4. The maximum absolute atomic E-state index is 12.5. The number of aryl methyl sites for hydroxylation is 1. The van der Waals surface area contributed by atoms with Crippen LogP contribution in [-0.4, -0.2) is 32.7 Å². The third-order valence-corrected chi connectivity index (χ3v) is 5.10. The van der Waals surface area contributed by atoms with Gasteiger partial charge in [-0.1, -0.05) is 6.07 Å². The largest absolute Gasteiger partial charge is 0.393 e. The molecule has 3 rings (SSSR count). The van der Waals surface area contributed by atoms with Crippen molar-refractivity contribution in [2.75, 3.05) is 0 Å². The fraction of sp³-hybridized carbons (Fsp3) is 0.450. The number of rotatable bonds is 7. The Hall–Kier alpha value is -2.47. The van der Waals surface area contributed by atoms with Gasteiger partial charge in [0.1, 0.15) is 0 Å². The zero-order valence-corrected chi connectivity index (χ0v) is 15.0. The van der Waals surface area contributed by atoms with Crippen LogP contribution < -0.4 is 10.9 Å². The van der Waals surface area contributed by atoms with Gasteiger partial charge in [0.05, 0.1) is 6.10 Å². The minimum atomic E-state index is -0.262. The van der Waals surface area contributed by atoms with Crippen LogP contribution in [-0.2, 0) is 17.8 Å². The average Bonchev–Trinajstić information content (AvgIpc) is 2.59. The summed E-state index contributed by atoms with van der Waals surface area (Å²) < 4.78 is 1.62. The average molecular weight is 355 g/mol. The van der Waals surface area contributed by atoms with Gasteiger partial charge in [0.15, 0.2) is 0 Å². The van der Waals surface area contributed by atoms with E-state index in [1.165, 1.54) is 6.07 Å². The molecule has 2 N–H and O–H groups in total. The minimum Gasteiger partial charge on any atom is -0.393 e. The van der Waals surface area contributed by atoms with E-state index in [2.05, 4.69) is 10.3 Å². The first-order chi connectivity index (χ1) is 12.5. The lowest BCUT2D eigenvalue weighted by Gasteiger charge is -2.38. The molecule has 1 aliphatic carbocycles. The third-order valence-electron chi connectivity index (χ3n) is 5.10. The minimum absolute atomic E-state index is 0.0121. The van der Waals surface area contributed by atoms with E-state index >= 15 is 0 Å². The Balaban J connectivity index is 1.61. The number of nitrogens with one attached hydrogen (secondary N) is 1. The van der Waals surface area contributed by atoms with Gasteiger partial charge in [0.2, 0.25) is 5.91 Å². The first kappa shape index (κ1) is 18.3. The molecule has 1 amide bonds. The lowest BCUT2D eigenvalue weighted by molar-refractivity contribution is -0.123. The highest BCUT2D eigenvalue weighted by Crippen LogP contribution is 2.31. The van der Waals surface area contributed by atoms with Crippen LogP contribution in [0.15, 0.2) is 47.5 Å². The van der Waals surface area contributed by atoms with Crippen LogP contribution in [0.5, 0.6) is 0 Å². The van der Waals surface area contributed by atoms with Crippen LogP contribution in [0.25, 0.3) is 0 Å². The van der Waals surface area contributed by atoms with Crippen molar-refractivity contribution < 1.29 is 9.90 Å². The summed E-state index contributed by atoms with van der Waals surface area (Å²) in [6.45, 7) is 2.23. The second-order valence-electron chi connectivity index (χ2n) is 7.03. The number of aromatic nitrogens is 2. The van der Waals surface area contributed by atoms with Crippen LogP contribution in [0, 0.1) is 12.8 Å². The van der Waals surface area contributed by atoms with Crippen molar-refractivity contribution in [2.45, 2.75) is 51.3 Å². The Morgan fingerprint density at radius 1 is 1.31 bits per heavy atom. The van der Waals surface area contributed by atoms with E-state index in [1.807, 2.05) is 25.1 Å². The van der Waals surface area contributed by atoms with E-state index < -0.39 is 0 Å². The highest BCUT2D eigenvalue weighted by Gasteiger charge is 2.34. The highest BCUT2D eigenvalue weighted by atomic mass is 16.3. The zero-order chi connectivity index (χ0) is 18.5. The molecule has 0 aromatic carbocycles. The van der Waals surface area contributed by atoms with Gasteiger partial charge >= 0.3 is 0 Å². The van der Waals surface area contributed by atoms with Crippen LogP contribution in [0.3, 0.4) is 0 Å². The van der Waals surface area contributed by atoms with Crippen molar-refractivity contribution in [1.29, 1.82) is 0 Å². The summed E-state index contributed by atoms with van der Waals surface area (Å²) in [6.07, 6.45) is 5.63. The molecule has 0 saturated heterocycles. The molecule has 0 radical (unpaired) electrons. The van der Waals surface area contributed by atoms with Crippen LogP contribution in [0.1, 0.15) is 30.5 Å². The first-order valence-corrected chi connectivity index (χ1v) is 9.05. The molecule has 2 heterocycles. The lowest BCUT2D eigenvalue weighted by atomic mass is 9.75. The Labute approximate surface area is 152 Å². The number of aliphatic hydroxyl groups is 1. The van der Waals surface area contributed by atoms with Crippen molar-refractivity contribution in [3.8, 4) is 0 Å². The third kappa shape index (κ3) is 4.58. The summed E-state index contributed by atoms with van der Waals surface area (Å²) in [7, 11) is 0. The molecule has 0 aliphatic heterocycles. The van der Waals surface area contributed by atoms with Crippen molar-refractivity contribution in [3.05, 3.63) is 64.3 Å². The van der Waals surface area contributed by atoms with E-state index in [1.54, 1.807) is 23.0 Å². The molecule has 0 bridgehead atoms. The fourth-order valence-electron chi connectivity index (χ4n) is 3.47. The number of nitrogens with zero attached hydrogens (tertiary/aromatic N) is 2. The predicted molar refractivity (Wildman–Crippen MR) is 98.7 cm³/mol. The number of amides is 1. The number of carbonyl (C=O) groups is 1. The van der Waals surface area contributed by atoms with Crippen molar-refractivity contribution >= 4 is 5.91 Å². The van der Waals surface area contributed by atoms with Gasteiger partial charge in [0, 0.05) is 43.2 Å². The topological polar surface area (TPSA) is 84.2 Å². The maximum Gasteiger partial charge on any atom is 0.250 e. The Kier molecular flexibility index (Phi) is 5.83. The smallest absolute Gasteiger partial charge is 0.250 e. The Morgan fingerprint density at radius 3 is 2.69 bits per heavy atom. The summed E-state index contributed by atoms with van der Waals surface area (Å²) in [4.78, 5) is 28.4. The van der Waals surface area contributed by atoms with E-state index in [4.69, 9.17) is 0 Å². The quantitative estimate of drug-likeness (QED) is 0.787. The number of aliphatic hydroxyl groups excluding tert-OH is 1. The molecular formula is C20H25N3O3. The highest BCUT2D eigenvalue weighted by molar-refractivity contribution is 5.76. The molecular weight excluding hydrogens is 330 g/mol. The molecule has 6 nitrogen and oxygen atoms in total. The lowest BCUT2D eigenvalue weighted by Crippen LogP contribution is -2.48. The standard InChI is InChI=1S/C20H25N3O3/c1-14-3-2-4-20(26)23(14)10-7-19(25)22-18(16-12-17(24)13-16)11-15-5-8-21-9-6-15/h2-6,8-9,16-18,24H,7,10-13H2,1H3,(H,22,25). The monoisotopic (exact) mass is 355 g/mol. The SMILES string of the molecule is Cc1cccc(=O)n1CCC(=O)NC(Cc1ccncc1)C1CC(O)C1. The van der Waals surface area contributed by atoms with E-state index in [-0.39, 0.29) is 36.0 Å². The van der Waals surface area contributed by atoms with Gasteiger partial charge in [-0.05, 0) is 55.9 Å². The van der Waals surface area contributed by atoms with E-state index in [0.29, 0.717) is 19.4 Å². The second-order valence-corrected chi connectivity index (χ2v) is 7.03. The predicted octanol–water partition coefficient (Wildman–Crippen LogP) is 1.44. The van der Waals surface area contributed by atoms with Crippen LogP contribution >= 0.6 is 0 Å². The normalized spacial score (nSPS) is 20.2. The number of pyridine rings is 2. The summed E-state index contributed by atoms with van der Waals surface area (Å²) >= 11 is 0. The number of hydrogen-bond donors (Lipinski definition) is 2. The Bertz CT molecular complexity index is 797. The molecule has 1 fully saturated rings. The molecule has 138 valence electrons. The van der Waals surface area contributed by atoms with Crippen molar-refractivity contribution in [1.82, 2.24) is 14.9 Å². The van der Waals surface area contributed by atoms with Crippen LogP contribution in [0.2, 0.25) is 0 Å². The molecule has 2 aromatic heterocycles. The van der Waals surface area contributed by atoms with Gasteiger partial charge in [-0.25, -0.2) is 0 Å². The van der Waals surface area contributed by atoms with Crippen molar-refractivity contribution in [3.63, 3.8) is 0 Å². The summed E-state index contributed by atoms with van der Waals surface area (Å²) in [5, 5.41) is 12.7. The summed E-state index contributed by atoms with van der Waals surface area (Å²) in [5.74, 6) is 0.212. The molecule has 1 saturated carbocycles. The first-order valence-electron chi connectivity index (χ1n) is 9.05. The van der Waals surface area contributed by atoms with Gasteiger partial charge < -0.3 is 15.0 Å². The molecule has 6 heteroatoms. The second kappa shape index (κ2) is 8.27. The summed E-state index contributed by atoms with van der Waals surface area (Å²) in [5.41, 5.74) is 1.87. The van der Waals surface area contributed by atoms with Gasteiger partial charge in [-0.3, -0.25) is 14.6 Å². The molecule has 26 heavy (non-hydrogen) atoms. The van der Waals surface area contributed by atoms with E-state index in [0.717, 1.165) is 17.7 Å². The van der Waals surface area contributed by atoms with Crippen molar-refractivity contribution in [2.24, 2.45) is 5.92 Å². The molecule has 2 aromatic rings. The fourth-order valence-corrected chi connectivity index (χ4v) is 3.47. The van der Waals surface area contributed by atoms with Gasteiger partial charge in [-0.15, -0.1) is 0 Å². The van der Waals surface area contributed by atoms with E-state index in [9.17, 15) is 14.7 Å². The molecule has 1 unspecified atom stereocenters. The molecule has 1 atom stereocenters. The van der Waals surface area contributed by atoms with Crippen LogP contribution in [0.4, 0.5) is 0 Å². The Morgan fingerprint density at radius 2 is 2.04 bits per heavy atom. The van der Waals surface area contributed by atoms with Gasteiger partial charge in [-0.2, -0.15) is 0 Å². The summed E-state index contributed by atoms with van der Waals surface area (Å²) in [6, 6.07) is 8.97. The number of carbonyl (C=O) groups excluding carboxylic acids is 1. The van der Waals surface area contributed by atoms with Gasteiger partial charge in [0.25, 0.3) is 5.56 Å².